The number of hydrogen-bond acceptors (Lipinski definition) is 3. The molecule has 1 aromatic heterocycles. The number of carbonyl (C=O) groups excluding carboxylic acids is 1. The van der Waals surface area contributed by atoms with Crippen molar-refractivity contribution in [1.82, 2.24) is 10.3 Å². The molecule has 1 atom stereocenters. The zero-order valence-electron chi connectivity index (χ0n) is 15.0. The van der Waals surface area contributed by atoms with E-state index in [1.807, 2.05) is 12.1 Å². The van der Waals surface area contributed by atoms with E-state index >= 15 is 0 Å². The van der Waals surface area contributed by atoms with Crippen LogP contribution in [0.4, 0.5) is 0 Å². The summed E-state index contributed by atoms with van der Waals surface area (Å²) in [4.78, 5) is 16.5. The first-order valence-electron chi connectivity index (χ1n) is 9.29. The second-order valence-electron chi connectivity index (χ2n) is 6.83. The molecular formula is C21H25ClN2O2. The summed E-state index contributed by atoms with van der Waals surface area (Å²) in [6, 6.07) is 11.0. The first-order valence-corrected chi connectivity index (χ1v) is 9.66. The molecule has 1 fully saturated rings. The summed E-state index contributed by atoms with van der Waals surface area (Å²) in [5, 5.41) is 3.85. The van der Waals surface area contributed by atoms with Crippen molar-refractivity contribution >= 4 is 17.5 Å². The van der Waals surface area contributed by atoms with E-state index in [4.69, 9.17) is 16.3 Å². The molecule has 0 aliphatic heterocycles. The zero-order chi connectivity index (χ0) is 18.4. The van der Waals surface area contributed by atoms with E-state index in [0.29, 0.717) is 16.5 Å². The highest BCUT2D eigenvalue weighted by Gasteiger charge is 2.28. The molecule has 0 spiro atoms. The molecule has 0 unspecified atom stereocenters. The first kappa shape index (κ1) is 18.7. The maximum atomic E-state index is 12.5. The number of amides is 1. The molecule has 1 aromatic carbocycles. The molecule has 1 aliphatic carbocycles. The fourth-order valence-electron chi connectivity index (χ4n) is 3.62. The molecule has 1 saturated carbocycles. The Morgan fingerprint density at radius 3 is 2.42 bits per heavy atom. The quantitative estimate of drug-likeness (QED) is 0.786. The lowest BCUT2D eigenvalue weighted by Crippen LogP contribution is -2.42. The Balaban J connectivity index is 1.51. The molecule has 2 aromatic rings. The van der Waals surface area contributed by atoms with Crippen LogP contribution in [0.5, 0.6) is 5.75 Å². The van der Waals surface area contributed by atoms with Crippen LogP contribution in [0.1, 0.15) is 49.4 Å². The number of benzene rings is 1. The lowest BCUT2D eigenvalue weighted by atomic mass is 9.81. The minimum Gasteiger partial charge on any atom is -0.490 e. The second-order valence-corrected chi connectivity index (χ2v) is 7.27. The molecular weight excluding hydrogens is 348 g/mol. The van der Waals surface area contributed by atoms with E-state index in [0.717, 1.165) is 37.9 Å². The van der Waals surface area contributed by atoms with Crippen molar-refractivity contribution in [2.24, 2.45) is 5.92 Å². The van der Waals surface area contributed by atoms with Gasteiger partial charge in [0, 0.05) is 29.0 Å². The SMILES string of the molecule is CC[C@@H](NC(=O)c1ccc(Cl)cc1)[C@H]1CC[C@@H](Oc2ccncc2)CC1. The number of ether oxygens (including phenoxy) is 1. The summed E-state index contributed by atoms with van der Waals surface area (Å²) in [6.45, 7) is 2.13. The number of rotatable bonds is 6. The standard InChI is InChI=1S/C21H25ClN2O2/c1-2-20(24-21(25)16-3-7-17(22)8-4-16)15-5-9-18(10-6-15)26-19-11-13-23-14-12-19/h3-4,7-8,11-15,18,20H,2,5-6,9-10H2,1H3,(H,24,25)/t15-,18+,20-/m1/s1. The van der Waals surface area contributed by atoms with E-state index in [1.165, 1.54) is 0 Å². The van der Waals surface area contributed by atoms with Crippen LogP contribution in [0.2, 0.25) is 5.02 Å². The summed E-state index contributed by atoms with van der Waals surface area (Å²) in [5.41, 5.74) is 0.655. The van der Waals surface area contributed by atoms with Gasteiger partial charge in [-0.2, -0.15) is 0 Å². The van der Waals surface area contributed by atoms with Gasteiger partial charge in [-0.05, 0) is 74.4 Å². The van der Waals surface area contributed by atoms with Crippen LogP contribution in [0.25, 0.3) is 0 Å². The van der Waals surface area contributed by atoms with Gasteiger partial charge < -0.3 is 10.1 Å². The van der Waals surface area contributed by atoms with Gasteiger partial charge in [0.05, 0.1) is 6.10 Å². The Morgan fingerprint density at radius 2 is 1.81 bits per heavy atom. The van der Waals surface area contributed by atoms with E-state index in [-0.39, 0.29) is 18.1 Å². The van der Waals surface area contributed by atoms with Crippen LogP contribution in [-0.4, -0.2) is 23.0 Å². The zero-order valence-corrected chi connectivity index (χ0v) is 15.8. The molecule has 1 aliphatic rings. The van der Waals surface area contributed by atoms with Crippen molar-refractivity contribution in [2.75, 3.05) is 0 Å². The van der Waals surface area contributed by atoms with Crippen LogP contribution in [0.3, 0.4) is 0 Å². The third-order valence-electron chi connectivity index (χ3n) is 5.10. The highest BCUT2D eigenvalue weighted by molar-refractivity contribution is 6.30. The van der Waals surface area contributed by atoms with Gasteiger partial charge in [-0.1, -0.05) is 18.5 Å². The van der Waals surface area contributed by atoms with Crippen molar-refractivity contribution in [3.8, 4) is 5.75 Å². The van der Waals surface area contributed by atoms with Crippen molar-refractivity contribution in [3.05, 3.63) is 59.4 Å². The van der Waals surface area contributed by atoms with Crippen LogP contribution in [0, 0.1) is 5.92 Å². The van der Waals surface area contributed by atoms with Gasteiger partial charge in [0.15, 0.2) is 0 Å². The molecule has 1 amide bonds. The van der Waals surface area contributed by atoms with Crippen molar-refractivity contribution in [3.63, 3.8) is 0 Å². The maximum Gasteiger partial charge on any atom is 0.251 e. The minimum atomic E-state index is -0.0244. The maximum absolute atomic E-state index is 12.5. The number of pyridine rings is 1. The fraction of sp³-hybridized carbons (Fsp3) is 0.429. The highest BCUT2D eigenvalue weighted by Crippen LogP contribution is 2.30. The van der Waals surface area contributed by atoms with Crippen molar-refractivity contribution in [1.29, 1.82) is 0 Å². The minimum absolute atomic E-state index is 0.0244. The van der Waals surface area contributed by atoms with Crippen LogP contribution in [-0.2, 0) is 0 Å². The molecule has 1 heterocycles. The van der Waals surface area contributed by atoms with Gasteiger partial charge >= 0.3 is 0 Å². The number of aromatic nitrogens is 1. The molecule has 0 saturated heterocycles. The number of nitrogens with zero attached hydrogens (tertiary/aromatic N) is 1. The lowest BCUT2D eigenvalue weighted by molar-refractivity contribution is 0.0870. The smallest absolute Gasteiger partial charge is 0.251 e. The molecule has 0 bridgehead atoms. The summed E-state index contributed by atoms with van der Waals surface area (Å²) < 4.78 is 6.04. The largest absolute Gasteiger partial charge is 0.490 e. The molecule has 1 N–H and O–H groups in total. The van der Waals surface area contributed by atoms with E-state index < -0.39 is 0 Å². The third-order valence-corrected chi connectivity index (χ3v) is 5.36. The Hall–Kier alpha value is -2.07. The van der Waals surface area contributed by atoms with E-state index in [2.05, 4.69) is 17.2 Å². The van der Waals surface area contributed by atoms with Crippen LogP contribution < -0.4 is 10.1 Å². The summed E-state index contributed by atoms with van der Waals surface area (Å²) in [7, 11) is 0. The Morgan fingerprint density at radius 1 is 1.15 bits per heavy atom. The number of hydrogen-bond donors (Lipinski definition) is 1. The van der Waals surface area contributed by atoms with E-state index in [9.17, 15) is 4.79 Å². The topological polar surface area (TPSA) is 51.2 Å². The van der Waals surface area contributed by atoms with Gasteiger partial charge in [0.25, 0.3) is 5.91 Å². The average molecular weight is 373 g/mol. The van der Waals surface area contributed by atoms with Crippen LogP contribution >= 0.6 is 11.6 Å². The number of halogens is 1. The van der Waals surface area contributed by atoms with Gasteiger partial charge in [0.1, 0.15) is 5.75 Å². The molecule has 138 valence electrons. The Kier molecular flexibility index (Phi) is 6.51. The fourth-order valence-corrected chi connectivity index (χ4v) is 3.75. The van der Waals surface area contributed by atoms with Gasteiger partial charge in [-0.15, -0.1) is 0 Å². The van der Waals surface area contributed by atoms with Crippen molar-refractivity contribution < 1.29 is 9.53 Å². The Bertz CT molecular complexity index is 698. The predicted octanol–water partition coefficient (Wildman–Crippen LogP) is 4.88. The number of carbonyl (C=O) groups is 1. The Labute approximate surface area is 159 Å². The second kappa shape index (κ2) is 9.04. The molecule has 3 rings (SSSR count). The summed E-state index contributed by atoms with van der Waals surface area (Å²) in [5.74, 6) is 1.35. The molecule has 26 heavy (non-hydrogen) atoms. The van der Waals surface area contributed by atoms with Crippen molar-refractivity contribution in [2.45, 2.75) is 51.2 Å². The number of nitrogens with one attached hydrogen (secondary N) is 1. The normalized spacial score (nSPS) is 21.0. The molecule has 0 radical (unpaired) electrons. The van der Waals surface area contributed by atoms with Gasteiger partial charge in [-0.3, -0.25) is 9.78 Å². The predicted molar refractivity (Wildman–Crippen MR) is 104 cm³/mol. The monoisotopic (exact) mass is 372 g/mol. The third kappa shape index (κ3) is 4.98. The summed E-state index contributed by atoms with van der Waals surface area (Å²) >= 11 is 5.90. The lowest BCUT2D eigenvalue weighted by Gasteiger charge is -2.34. The highest BCUT2D eigenvalue weighted by atomic mass is 35.5. The molecule has 4 nitrogen and oxygen atoms in total. The first-order chi connectivity index (χ1) is 12.7. The van der Waals surface area contributed by atoms with Crippen LogP contribution in [0.15, 0.2) is 48.8 Å². The molecule has 5 heteroatoms. The van der Waals surface area contributed by atoms with E-state index in [1.54, 1.807) is 36.7 Å². The van der Waals surface area contributed by atoms with Gasteiger partial charge in [-0.25, -0.2) is 0 Å². The van der Waals surface area contributed by atoms with Gasteiger partial charge in [0.2, 0.25) is 0 Å². The average Bonchev–Trinajstić information content (AvgIpc) is 2.68. The summed E-state index contributed by atoms with van der Waals surface area (Å²) in [6.07, 6.45) is 8.84.